The molecule has 0 amide bonds. The molecule has 3 heterocycles. The van der Waals surface area contributed by atoms with E-state index in [0.29, 0.717) is 30.4 Å². The van der Waals surface area contributed by atoms with Gasteiger partial charge in [-0.25, -0.2) is 9.97 Å². The highest BCUT2D eigenvalue weighted by molar-refractivity contribution is 5.91. The summed E-state index contributed by atoms with van der Waals surface area (Å²) >= 11 is 0. The van der Waals surface area contributed by atoms with Crippen molar-refractivity contribution >= 4 is 16.7 Å². The van der Waals surface area contributed by atoms with Gasteiger partial charge in [0.2, 0.25) is 0 Å². The van der Waals surface area contributed by atoms with Crippen LogP contribution in [0.1, 0.15) is 17.2 Å². The van der Waals surface area contributed by atoms with E-state index in [0.717, 1.165) is 33.4 Å². The molecule has 0 saturated carbocycles. The van der Waals surface area contributed by atoms with E-state index in [1.54, 1.807) is 26.6 Å². The number of ether oxygens (including phenoxy) is 2. The molecule has 4 aromatic rings. The molecule has 1 aliphatic rings. The van der Waals surface area contributed by atoms with Gasteiger partial charge < -0.3 is 19.5 Å². The predicted molar refractivity (Wildman–Crippen MR) is 118 cm³/mol. The lowest BCUT2D eigenvalue weighted by Crippen LogP contribution is -2.35. The van der Waals surface area contributed by atoms with Crippen LogP contribution in [0.15, 0.2) is 60.9 Å². The molecule has 0 fully saturated rings. The molecule has 7 nitrogen and oxygen atoms in total. The Labute approximate surface area is 179 Å². The molecule has 5 rings (SSSR count). The lowest BCUT2D eigenvalue weighted by atomic mass is 9.95. The number of methoxy groups -OCH3 is 2. The summed E-state index contributed by atoms with van der Waals surface area (Å²) in [6.07, 6.45) is 2.71. The molecule has 2 aromatic carbocycles. The van der Waals surface area contributed by atoms with Crippen LogP contribution in [0.5, 0.6) is 11.5 Å². The number of hydrogen-bond donors (Lipinski definition) is 1. The SMILES string of the molecule is COc1ccc(OC)c2c1CN(c1nc(-c3ccncc3)nc3ccccc13)C[C@@H]2O. The number of anilines is 1. The van der Waals surface area contributed by atoms with Gasteiger partial charge in [0.05, 0.1) is 26.3 Å². The van der Waals surface area contributed by atoms with Gasteiger partial charge in [0.1, 0.15) is 23.4 Å². The molecule has 0 bridgehead atoms. The Morgan fingerprint density at radius 1 is 0.935 bits per heavy atom. The van der Waals surface area contributed by atoms with Gasteiger partial charge in [0.15, 0.2) is 5.82 Å². The smallest absolute Gasteiger partial charge is 0.162 e. The minimum atomic E-state index is -0.744. The number of benzene rings is 2. The predicted octanol–water partition coefficient (Wildman–Crippen LogP) is 3.76. The molecule has 0 saturated heterocycles. The summed E-state index contributed by atoms with van der Waals surface area (Å²) in [6.45, 7) is 0.914. The lowest BCUT2D eigenvalue weighted by Gasteiger charge is -2.35. The Hall–Kier alpha value is -3.71. The van der Waals surface area contributed by atoms with E-state index in [4.69, 9.17) is 19.4 Å². The van der Waals surface area contributed by atoms with Gasteiger partial charge in [-0.2, -0.15) is 0 Å². The van der Waals surface area contributed by atoms with Gasteiger partial charge in [-0.3, -0.25) is 4.98 Å². The number of aliphatic hydroxyl groups excluding tert-OH is 1. The quantitative estimate of drug-likeness (QED) is 0.544. The van der Waals surface area contributed by atoms with E-state index in [1.807, 2.05) is 48.5 Å². The first-order valence-electron chi connectivity index (χ1n) is 10.0. The van der Waals surface area contributed by atoms with Crippen molar-refractivity contribution in [2.24, 2.45) is 0 Å². The molecule has 1 N–H and O–H groups in total. The lowest BCUT2D eigenvalue weighted by molar-refractivity contribution is 0.169. The molecule has 0 radical (unpaired) electrons. The largest absolute Gasteiger partial charge is 0.496 e. The summed E-state index contributed by atoms with van der Waals surface area (Å²) in [5, 5.41) is 12.0. The van der Waals surface area contributed by atoms with E-state index in [2.05, 4.69) is 9.88 Å². The summed E-state index contributed by atoms with van der Waals surface area (Å²) in [5.41, 5.74) is 3.40. The van der Waals surface area contributed by atoms with Crippen LogP contribution in [0, 0.1) is 0 Å². The second-order valence-corrected chi connectivity index (χ2v) is 7.38. The van der Waals surface area contributed by atoms with Gasteiger partial charge in [0.25, 0.3) is 0 Å². The molecular weight excluding hydrogens is 392 g/mol. The summed E-state index contributed by atoms with van der Waals surface area (Å²) < 4.78 is 11.1. The van der Waals surface area contributed by atoms with Crippen molar-refractivity contribution in [3.8, 4) is 22.9 Å². The maximum absolute atomic E-state index is 11.1. The monoisotopic (exact) mass is 414 g/mol. The van der Waals surface area contributed by atoms with Crippen LogP contribution in [-0.4, -0.2) is 40.8 Å². The molecule has 1 aliphatic heterocycles. The zero-order chi connectivity index (χ0) is 21.4. The minimum absolute atomic E-state index is 0.382. The van der Waals surface area contributed by atoms with Crippen molar-refractivity contribution in [1.82, 2.24) is 15.0 Å². The number of rotatable bonds is 4. The summed E-state index contributed by atoms with van der Waals surface area (Å²) in [6, 6.07) is 15.4. The zero-order valence-corrected chi connectivity index (χ0v) is 17.3. The van der Waals surface area contributed by atoms with Crippen LogP contribution < -0.4 is 14.4 Å². The number of para-hydroxylation sites is 1. The van der Waals surface area contributed by atoms with E-state index >= 15 is 0 Å². The molecule has 0 unspecified atom stereocenters. The second-order valence-electron chi connectivity index (χ2n) is 7.38. The van der Waals surface area contributed by atoms with E-state index < -0.39 is 6.10 Å². The molecule has 0 aliphatic carbocycles. The minimum Gasteiger partial charge on any atom is -0.496 e. The van der Waals surface area contributed by atoms with Crippen LogP contribution in [0.25, 0.3) is 22.3 Å². The highest BCUT2D eigenvalue weighted by Gasteiger charge is 2.31. The van der Waals surface area contributed by atoms with Gasteiger partial charge in [-0.15, -0.1) is 0 Å². The topological polar surface area (TPSA) is 80.6 Å². The third kappa shape index (κ3) is 3.33. The molecule has 1 atom stereocenters. The fraction of sp³-hybridized carbons (Fsp3) is 0.208. The number of aliphatic hydroxyl groups is 1. The fourth-order valence-corrected chi connectivity index (χ4v) is 4.17. The number of nitrogens with zero attached hydrogens (tertiary/aromatic N) is 4. The Morgan fingerprint density at radius 2 is 1.68 bits per heavy atom. The van der Waals surface area contributed by atoms with Crippen LogP contribution in [0.2, 0.25) is 0 Å². The second kappa shape index (κ2) is 7.85. The van der Waals surface area contributed by atoms with Crippen molar-refractivity contribution < 1.29 is 14.6 Å². The third-order valence-electron chi connectivity index (χ3n) is 5.61. The summed E-state index contributed by atoms with van der Waals surface area (Å²) in [4.78, 5) is 15.8. The zero-order valence-electron chi connectivity index (χ0n) is 17.3. The molecule has 7 heteroatoms. The first-order chi connectivity index (χ1) is 15.2. The third-order valence-corrected chi connectivity index (χ3v) is 5.61. The van der Waals surface area contributed by atoms with Gasteiger partial charge in [-0.1, -0.05) is 12.1 Å². The molecular formula is C24H22N4O3. The van der Waals surface area contributed by atoms with Gasteiger partial charge in [0, 0.05) is 41.0 Å². The average Bonchev–Trinajstić information content (AvgIpc) is 2.83. The highest BCUT2D eigenvalue weighted by atomic mass is 16.5. The van der Waals surface area contributed by atoms with Crippen molar-refractivity contribution in [1.29, 1.82) is 0 Å². The first kappa shape index (κ1) is 19.3. The van der Waals surface area contributed by atoms with Gasteiger partial charge in [-0.05, 0) is 36.4 Å². The van der Waals surface area contributed by atoms with Gasteiger partial charge >= 0.3 is 0 Å². The average molecular weight is 414 g/mol. The number of fused-ring (bicyclic) bond motifs is 2. The van der Waals surface area contributed by atoms with E-state index in [1.165, 1.54) is 0 Å². The normalized spacial score (nSPS) is 15.6. The van der Waals surface area contributed by atoms with Crippen LogP contribution in [0.4, 0.5) is 5.82 Å². The van der Waals surface area contributed by atoms with Crippen LogP contribution in [0.3, 0.4) is 0 Å². The number of pyridine rings is 1. The highest BCUT2D eigenvalue weighted by Crippen LogP contribution is 2.41. The number of aromatic nitrogens is 3. The number of β-amino-alcohol motifs (C(OH)–C–C–N with tert-alkyl or cyclic N) is 1. The maximum atomic E-state index is 11.1. The van der Waals surface area contributed by atoms with Crippen molar-refractivity contribution in [2.75, 3.05) is 25.7 Å². The maximum Gasteiger partial charge on any atom is 0.162 e. The summed E-state index contributed by atoms with van der Waals surface area (Å²) in [5.74, 6) is 2.77. The Balaban J connectivity index is 1.67. The van der Waals surface area contributed by atoms with Crippen molar-refractivity contribution in [3.63, 3.8) is 0 Å². The number of hydrogen-bond acceptors (Lipinski definition) is 7. The fourth-order valence-electron chi connectivity index (χ4n) is 4.17. The van der Waals surface area contributed by atoms with E-state index in [-0.39, 0.29) is 0 Å². The molecule has 2 aromatic heterocycles. The van der Waals surface area contributed by atoms with E-state index in [9.17, 15) is 5.11 Å². The first-order valence-corrected chi connectivity index (χ1v) is 10.0. The standard InChI is InChI=1S/C24H22N4O3/c1-30-20-7-8-21(31-2)22-17(20)13-28(14-19(22)29)24-16-5-3-4-6-18(16)26-23(27-24)15-9-11-25-12-10-15/h3-12,19,29H,13-14H2,1-2H3/t19-/m0/s1. The summed E-state index contributed by atoms with van der Waals surface area (Å²) in [7, 11) is 3.25. The molecule has 156 valence electrons. The molecule has 31 heavy (non-hydrogen) atoms. The van der Waals surface area contributed by atoms with Crippen LogP contribution in [-0.2, 0) is 6.54 Å². The Bertz CT molecular complexity index is 1250. The van der Waals surface area contributed by atoms with Crippen molar-refractivity contribution in [3.05, 3.63) is 72.1 Å². The van der Waals surface area contributed by atoms with Crippen LogP contribution >= 0.6 is 0 Å². The van der Waals surface area contributed by atoms with Crippen molar-refractivity contribution in [2.45, 2.75) is 12.6 Å². The Kier molecular flexibility index (Phi) is 4.88. The molecule has 0 spiro atoms. The Morgan fingerprint density at radius 3 is 2.45 bits per heavy atom.